The standard InChI is InChI=1S/C16H24N2O3/c1-10-7-12(14(19)9-17-6)8-13(11(10)2)18-15(20)21-16(3,4)5/h7-8,17H,9H2,1-6H3,(H,18,20). The first-order valence-corrected chi connectivity index (χ1v) is 6.93. The van der Waals surface area contributed by atoms with Gasteiger partial charge in [-0.05, 0) is 64.9 Å². The largest absolute Gasteiger partial charge is 0.444 e. The minimum atomic E-state index is -0.563. The summed E-state index contributed by atoms with van der Waals surface area (Å²) in [7, 11) is 1.72. The molecular formula is C16H24N2O3. The number of nitrogens with one attached hydrogen (secondary N) is 2. The van der Waals surface area contributed by atoms with E-state index >= 15 is 0 Å². The molecule has 0 aliphatic carbocycles. The Bertz CT molecular complexity index is 545. The Morgan fingerprint density at radius 1 is 1.19 bits per heavy atom. The van der Waals surface area contributed by atoms with Crippen LogP contribution in [0.25, 0.3) is 0 Å². The number of ketones is 1. The predicted octanol–water partition coefficient (Wildman–Crippen LogP) is 3.05. The molecule has 1 aromatic carbocycles. The van der Waals surface area contributed by atoms with Crippen molar-refractivity contribution < 1.29 is 14.3 Å². The van der Waals surface area contributed by atoms with Gasteiger partial charge in [-0.2, -0.15) is 0 Å². The van der Waals surface area contributed by atoms with Crippen LogP contribution in [0.3, 0.4) is 0 Å². The van der Waals surface area contributed by atoms with E-state index in [1.165, 1.54) is 0 Å². The number of Topliss-reactive ketones (excluding diaryl/α,β-unsaturated/α-hetero) is 1. The molecule has 0 atom stereocenters. The van der Waals surface area contributed by atoms with Crippen LogP contribution in [0.4, 0.5) is 10.5 Å². The van der Waals surface area contributed by atoms with Crippen LogP contribution in [-0.4, -0.2) is 31.1 Å². The van der Waals surface area contributed by atoms with Gasteiger partial charge in [0.05, 0.1) is 6.54 Å². The molecule has 116 valence electrons. The second kappa shape index (κ2) is 6.72. The van der Waals surface area contributed by atoms with E-state index < -0.39 is 11.7 Å². The minimum Gasteiger partial charge on any atom is -0.444 e. The summed E-state index contributed by atoms with van der Waals surface area (Å²) in [5, 5.41) is 5.54. The smallest absolute Gasteiger partial charge is 0.412 e. The number of carbonyl (C=O) groups excluding carboxylic acids is 2. The van der Waals surface area contributed by atoms with E-state index in [1.807, 2.05) is 19.9 Å². The molecule has 0 saturated heterocycles. The fraction of sp³-hybridized carbons (Fsp3) is 0.500. The zero-order chi connectivity index (χ0) is 16.2. The van der Waals surface area contributed by atoms with Gasteiger partial charge in [-0.15, -0.1) is 0 Å². The Kier molecular flexibility index (Phi) is 5.49. The van der Waals surface area contributed by atoms with Crippen molar-refractivity contribution in [2.75, 3.05) is 18.9 Å². The van der Waals surface area contributed by atoms with E-state index in [1.54, 1.807) is 33.9 Å². The van der Waals surface area contributed by atoms with Gasteiger partial charge in [-0.25, -0.2) is 4.79 Å². The van der Waals surface area contributed by atoms with Gasteiger partial charge in [0.25, 0.3) is 0 Å². The van der Waals surface area contributed by atoms with Crippen molar-refractivity contribution in [2.45, 2.75) is 40.2 Å². The molecule has 21 heavy (non-hydrogen) atoms. The summed E-state index contributed by atoms with van der Waals surface area (Å²) in [4.78, 5) is 23.8. The van der Waals surface area contributed by atoms with Crippen LogP contribution in [0, 0.1) is 13.8 Å². The first-order chi connectivity index (χ1) is 9.64. The lowest BCUT2D eigenvalue weighted by atomic mass is 10.0. The predicted molar refractivity (Wildman–Crippen MR) is 84.0 cm³/mol. The number of ether oxygens (including phenoxy) is 1. The molecule has 1 rings (SSSR count). The lowest BCUT2D eigenvalue weighted by Gasteiger charge is -2.20. The van der Waals surface area contributed by atoms with Crippen LogP contribution >= 0.6 is 0 Å². The summed E-state index contributed by atoms with van der Waals surface area (Å²) >= 11 is 0. The molecule has 0 bridgehead atoms. The molecule has 0 fully saturated rings. The average Bonchev–Trinajstić information content (AvgIpc) is 2.32. The molecule has 5 nitrogen and oxygen atoms in total. The molecule has 0 unspecified atom stereocenters. The number of aryl methyl sites for hydroxylation is 1. The maximum absolute atomic E-state index is 12.0. The molecule has 0 spiro atoms. The zero-order valence-electron chi connectivity index (χ0n) is 13.6. The Balaban J connectivity index is 3.01. The Morgan fingerprint density at radius 3 is 2.33 bits per heavy atom. The number of benzene rings is 1. The van der Waals surface area contributed by atoms with Gasteiger partial charge in [0.15, 0.2) is 5.78 Å². The maximum Gasteiger partial charge on any atom is 0.412 e. The van der Waals surface area contributed by atoms with E-state index in [-0.39, 0.29) is 12.3 Å². The second-order valence-corrected chi connectivity index (χ2v) is 6.05. The third-order valence-electron chi connectivity index (χ3n) is 2.96. The number of carbonyl (C=O) groups is 2. The number of hydrogen-bond donors (Lipinski definition) is 2. The number of likely N-dealkylation sites (N-methyl/N-ethyl adjacent to an activating group) is 1. The van der Waals surface area contributed by atoms with Gasteiger partial charge in [0.2, 0.25) is 0 Å². The monoisotopic (exact) mass is 292 g/mol. The van der Waals surface area contributed by atoms with E-state index in [9.17, 15) is 9.59 Å². The van der Waals surface area contributed by atoms with Gasteiger partial charge in [-0.3, -0.25) is 10.1 Å². The number of hydrogen-bond acceptors (Lipinski definition) is 4. The quantitative estimate of drug-likeness (QED) is 0.837. The van der Waals surface area contributed by atoms with Crippen molar-refractivity contribution in [3.63, 3.8) is 0 Å². The Labute approximate surface area is 126 Å². The number of rotatable bonds is 4. The van der Waals surface area contributed by atoms with Crippen LogP contribution < -0.4 is 10.6 Å². The van der Waals surface area contributed by atoms with Crippen molar-refractivity contribution in [3.05, 3.63) is 28.8 Å². The van der Waals surface area contributed by atoms with Crippen molar-refractivity contribution in [1.29, 1.82) is 0 Å². The molecule has 1 amide bonds. The van der Waals surface area contributed by atoms with E-state index in [0.717, 1.165) is 11.1 Å². The van der Waals surface area contributed by atoms with Crippen molar-refractivity contribution in [1.82, 2.24) is 5.32 Å². The normalized spacial score (nSPS) is 11.1. The highest BCUT2D eigenvalue weighted by Crippen LogP contribution is 2.22. The highest BCUT2D eigenvalue weighted by Gasteiger charge is 2.18. The molecule has 0 aliphatic rings. The van der Waals surface area contributed by atoms with E-state index in [0.29, 0.717) is 11.3 Å². The van der Waals surface area contributed by atoms with Gasteiger partial charge in [-0.1, -0.05) is 0 Å². The average molecular weight is 292 g/mol. The van der Waals surface area contributed by atoms with Crippen LogP contribution in [0.2, 0.25) is 0 Å². The fourth-order valence-corrected chi connectivity index (χ4v) is 1.83. The summed E-state index contributed by atoms with van der Waals surface area (Å²) in [6.45, 7) is 9.47. The first kappa shape index (κ1) is 17.2. The molecule has 0 aliphatic heterocycles. The van der Waals surface area contributed by atoms with Crippen LogP contribution in [-0.2, 0) is 4.74 Å². The SMILES string of the molecule is CNCC(=O)c1cc(C)c(C)c(NC(=O)OC(C)(C)C)c1. The molecule has 0 aromatic heterocycles. The van der Waals surface area contributed by atoms with Crippen LogP contribution in [0.5, 0.6) is 0 Å². The molecule has 0 radical (unpaired) electrons. The first-order valence-electron chi connectivity index (χ1n) is 6.93. The lowest BCUT2D eigenvalue weighted by molar-refractivity contribution is 0.0635. The molecule has 0 saturated carbocycles. The van der Waals surface area contributed by atoms with Crippen molar-refractivity contribution in [3.8, 4) is 0 Å². The fourth-order valence-electron chi connectivity index (χ4n) is 1.83. The zero-order valence-corrected chi connectivity index (χ0v) is 13.6. The lowest BCUT2D eigenvalue weighted by Crippen LogP contribution is -2.27. The van der Waals surface area contributed by atoms with Crippen molar-refractivity contribution in [2.24, 2.45) is 0 Å². The molecule has 0 heterocycles. The highest BCUT2D eigenvalue weighted by molar-refractivity contribution is 5.99. The summed E-state index contributed by atoms with van der Waals surface area (Å²) in [5.74, 6) is -0.0205. The molecule has 2 N–H and O–H groups in total. The summed E-state index contributed by atoms with van der Waals surface area (Å²) in [6, 6.07) is 3.52. The Morgan fingerprint density at radius 2 is 1.81 bits per heavy atom. The van der Waals surface area contributed by atoms with Crippen LogP contribution in [0.15, 0.2) is 12.1 Å². The summed E-state index contributed by atoms with van der Waals surface area (Å²) in [6.07, 6.45) is -0.525. The minimum absolute atomic E-state index is 0.0205. The van der Waals surface area contributed by atoms with E-state index in [4.69, 9.17) is 4.74 Å². The number of amides is 1. The van der Waals surface area contributed by atoms with Gasteiger partial charge < -0.3 is 10.1 Å². The Hall–Kier alpha value is -1.88. The van der Waals surface area contributed by atoms with E-state index in [2.05, 4.69) is 10.6 Å². The molecular weight excluding hydrogens is 268 g/mol. The van der Waals surface area contributed by atoms with Gasteiger partial charge >= 0.3 is 6.09 Å². The molecule has 1 aromatic rings. The highest BCUT2D eigenvalue weighted by atomic mass is 16.6. The van der Waals surface area contributed by atoms with Gasteiger partial charge in [0.1, 0.15) is 5.60 Å². The summed E-state index contributed by atoms with van der Waals surface area (Å²) in [5.41, 5.74) is 2.47. The van der Waals surface area contributed by atoms with Crippen LogP contribution in [0.1, 0.15) is 42.3 Å². The second-order valence-electron chi connectivity index (χ2n) is 6.05. The summed E-state index contributed by atoms with van der Waals surface area (Å²) < 4.78 is 5.24. The third-order valence-corrected chi connectivity index (χ3v) is 2.96. The third kappa shape index (κ3) is 5.19. The molecule has 5 heteroatoms. The van der Waals surface area contributed by atoms with Crippen molar-refractivity contribution >= 4 is 17.6 Å². The number of anilines is 1. The maximum atomic E-state index is 12.0. The van der Waals surface area contributed by atoms with Gasteiger partial charge in [0, 0.05) is 11.3 Å². The topological polar surface area (TPSA) is 67.4 Å².